The molecule has 30 heavy (non-hydrogen) atoms. The molecule has 2 rings (SSSR count). The van der Waals surface area contributed by atoms with Crippen molar-refractivity contribution in [1.29, 1.82) is 0 Å². The van der Waals surface area contributed by atoms with E-state index in [1.165, 1.54) is 27.0 Å². The van der Waals surface area contributed by atoms with Gasteiger partial charge in [0, 0.05) is 17.2 Å². The molecule has 2 aromatic rings. The number of nitrogens with one attached hydrogen (secondary N) is 1. The standard InChI is InChI=1S/C23H25NO6/c1-15(24-22(26)12-7-17-5-9-20(28-3)10-6-17)23(27)30-14-19-13-18(16(2)25)8-11-21(19)29-4/h5-13,15H,14H2,1-4H3,(H,24,26)/b12-7+/t15-/m0/s1. The van der Waals surface area contributed by atoms with Gasteiger partial charge in [0.1, 0.15) is 24.1 Å². The van der Waals surface area contributed by atoms with E-state index in [0.717, 1.165) is 11.3 Å². The van der Waals surface area contributed by atoms with Gasteiger partial charge in [-0.3, -0.25) is 9.59 Å². The first-order valence-electron chi connectivity index (χ1n) is 9.31. The summed E-state index contributed by atoms with van der Waals surface area (Å²) >= 11 is 0. The smallest absolute Gasteiger partial charge is 0.328 e. The zero-order valence-electron chi connectivity index (χ0n) is 17.4. The lowest BCUT2D eigenvalue weighted by atomic mass is 10.1. The molecule has 0 fully saturated rings. The van der Waals surface area contributed by atoms with E-state index >= 15 is 0 Å². The number of ether oxygens (including phenoxy) is 3. The predicted octanol–water partition coefficient (Wildman–Crippen LogP) is 3.17. The van der Waals surface area contributed by atoms with E-state index < -0.39 is 17.9 Å². The van der Waals surface area contributed by atoms with E-state index in [1.807, 2.05) is 12.1 Å². The minimum atomic E-state index is -0.847. The zero-order chi connectivity index (χ0) is 22.1. The van der Waals surface area contributed by atoms with Crippen LogP contribution in [-0.2, 0) is 20.9 Å². The Labute approximate surface area is 175 Å². The number of methoxy groups -OCH3 is 2. The number of esters is 1. The Morgan fingerprint density at radius 1 is 1.03 bits per heavy atom. The molecule has 0 saturated carbocycles. The van der Waals surface area contributed by atoms with Gasteiger partial charge in [-0.1, -0.05) is 12.1 Å². The second-order valence-electron chi connectivity index (χ2n) is 6.53. The van der Waals surface area contributed by atoms with E-state index in [1.54, 1.807) is 43.5 Å². The number of ketones is 1. The van der Waals surface area contributed by atoms with Crippen molar-refractivity contribution in [1.82, 2.24) is 5.32 Å². The molecule has 7 heteroatoms. The maximum absolute atomic E-state index is 12.2. The molecule has 0 heterocycles. The van der Waals surface area contributed by atoms with Crippen LogP contribution >= 0.6 is 0 Å². The Bertz CT molecular complexity index is 933. The van der Waals surface area contributed by atoms with Crippen LogP contribution < -0.4 is 14.8 Å². The predicted molar refractivity (Wildman–Crippen MR) is 112 cm³/mol. The van der Waals surface area contributed by atoms with Crippen molar-refractivity contribution in [2.24, 2.45) is 0 Å². The molecule has 0 spiro atoms. The van der Waals surface area contributed by atoms with Gasteiger partial charge in [0.25, 0.3) is 0 Å². The Kier molecular flexibility index (Phi) is 8.17. The minimum Gasteiger partial charge on any atom is -0.497 e. The van der Waals surface area contributed by atoms with Crippen LogP contribution in [0.5, 0.6) is 11.5 Å². The molecule has 158 valence electrons. The van der Waals surface area contributed by atoms with Gasteiger partial charge in [0.15, 0.2) is 5.78 Å². The van der Waals surface area contributed by atoms with Gasteiger partial charge in [0.05, 0.1) is 14.2 Å². The number of hydrogen-bond acceptors (Lipinski definition) is 6. The fourth-order valence-electron chi connectivity index (χ4n) is 2.59. The first-order valence-corrected chi connectivity index (χ1v) is 9.31. The summed E-state index contributed by atoms with van der Waals surface area (Å²) in [4.78, 5) is 35.8. The molecule has 0 aliphatic heterocycles. The largest absolute Gasteiger partial charge is 0.497 e. The summed E-state index contributed by atoms with van der Waals surface area (Å²) in [7, 11) is 3.07. The molecule has 0 aromatic heterocycles. The highest BCUT2D eigenvalue weighted by Gasteiger charge is 2.17. The molecule has 0 unspecified atom stereocenters. The van der Waals surface area contributed by atoms with Crippen molar-refractivity contribution in [2.45, 2.75) is 26.5 Å². The van der Waals surface area contributed by atoms with Gasteiger partial charge in [-0.25, -0.2) is 4.79 Å². The van der Waals surface area contributed by atoms with E-state index in [-0.39, 0.29) is 12.4 Å². The molecule has 0 radical (unpaired) electrons. The van der Waals surface area contributed by atoms with E-state index in [4.69, 9.17) is 14.2 Å². The fraction of sp³-hybridized carbons (Fsp3) is 0.261. The van der Waals surface area contributed by atoms with Crippen LogP contribution in [0.2, 0.25) is 0 Å². The van der Waals surface area contributed by atoms with Crippen LogP contribution in [0, 0.1) is 0 Å². The number of Topliss-reactive ketones (excluding diaryl/α,β-unsaturated/α-hetero) is 1. The molecular formula is C23H25NO6. The molecule has 7 nitrogen and oxygen atoms in total. The van der Waals surface area contributed by atoms with E-state index in [2.05, 4.69) is 5.32 Å². The van der Waals surface area contributed by atoms with Crippen LogP contribution in [0.15, 0.2) is 48.5 Å². The molecule has 1 atom stereocenters. The number of carbonyl (C=O) groups is 3. The summed E-state index contributed by atoms with van der Waals surface area (Å²) in [6.07, 6.45) is 2.97. The Morgan fingerprint density at radius 2 is 1.73 bits per heavy atom. The molecule has 0 saturated heterocycles. The Hall–Kier alpha value is -3.61. The lowest BCUT2D eigenvalue weighted by Gasteiger charge is -2.14. The second kappa shape index (κ2) is 10.8. The average molecular weight is 411 g/mol. The van der Waals surface area contributed by atoms with Crippen molar-refractivity contribution in [2.75, 3.05) is 14.2 Å². The summed E-state index contributed by atoms with van der Waals surface area (Å²) in [6, 6.07) is 11.3. The molecular weight excluding hydrogens is 386 g/mol. The number of carbonyl (C=O) groups excluding carboxylic acids is 3. The summed E-state index contributed by atoms with van der Waals surface area (Å²) in [6.45, 7) is 2.91. The van der Waals surface area contributed by atoms with Crippen molar-refractivity contribution in [3.8, 4) is 11.5 Å². The van der Waals surface area contributed by atoms with Crippen LogP contribution in [0.25, 0.3) is 6.08 Å². The summed E-state index contributed by atoms with van der Waals surface area (Å²) in [5.41, 5.74) is 1.88. The van der Waals surface area contributed by atoms with Crippen LogP contribution in [0.1, 0.15) is 35.3 Å². The number of hydrogen-bond donors (Lipinski definition) is 1. The van der Waals surface area contributed by atoms with Gasteiger partial charge < -0.3 is 19.5 Å². The van der Waals surface area contributed by atoms with Gasteiger partial charge in [-0.15, -0.1) is 0 Å². The van der Waals surface area contributed by atoms with Crippen molar-refractivity contribution < 1.29 is 28.6 Å². The third-order valence-corrected chi connectivity index (χ3v) is 4.31. The third-order valence-electron chi connectivity index (χ3n) is 4.31. The van der Waals surface area contributed by atoms with Crippen molar-refractivity contribution in [3.05, 3.63) is 65.2 Å². The van der Waals surface area contributed by atoms with Gasteiger partial charge in [0.2, 0.25) is 5.91 Å². The normalized spacial score (nSPS) is 11.6. The highest BCUT2D eigenvalue weighted by molar-refractivity contribution is 5.95. The Morgan fingerprint density at radius 3 is 2.33 bits per heavy atom. The number of rotatable bonds is 9. The Balaban J connectivity index is 1.91. The first kappa shape index (κ1) is 22.7. The lowest BCUT2D eigenvalue weighted by molar-refractivity contribution is -0.148. The molecule has 1 amide bonds. The summed E-state index contributed by atoms with van der Waals surface area (Å²) < 4.78 is 15.6. The minimum absolute atomic E-state index is 0.0783. The fourth-order valence-corrected chi connectivity index (χ4v) is 2.59. The van der Waals surface area contributed by atoms with Gasteiger partial charge in [-0.05, 0) is 55.8 Å². The highest BCUT2D eigenvalue weighted by atomic mass is 16.5. The number of benzene rings is 2. The topological polar surface area (TPSA) is 90.9 Å². The van der Waals surface area contributed by atoms with E-state index in [0.29, 0.717) is 16.9 Å². The summed E-state index contributed by atoms with van der Waals surface area (Å²) in [5.74, 6) is 0.0998. The molecule has 2 aromatic carbocycles. The van der Waals surface area contributed by atoms with Gasteiger partial charge in [-0.2, -0.15) is 0 Å². The zero-order valence-corrected chi connectivity index (χ0v) is 17.4. The maximum atomic E-state index is 12.2. The highest BCUT2D eigenvalue weighted by Crippen LogP contribution is 2.21. The van der Waals surface area contributed by atoms with Gasteiger partial charge >= 0.3 is 5.97 Å². The molecule has 1 N–H and O–H groups in total. The molecule has 0 aliphatic carbocycles. The molecule has 0 aliphatic rings. The van der Waals surface area contributed by atoms with E-state index in [9.17, 15) is 14.4 Å². The van der Waals surface area contributed by atoms with Crippen LogP contribution in [0.4, 0.5) is 0 Å². The third kappa shape index (κ3) is 6.48. The first-order chi connectivity index (χ1) is 14.3. The monoisotopic (exact) mass is 411 g/mol. The maximum Gasteiger partial charge on any atom is 0.328 e. The second-order valence-corrected chi connectivity index (χ2v) is 6.53. The van der Waals surface area contributed by atoms with Crippen LogP contribution in [-0.4, -0.2) is 37.9 Å². The number of amides is 1. The van der Waals surface area contributed by atoms with Crippen LogP contribution in [0.3, 0.4) is 0 Å². The van der Waals surface area contributed by atoms with Crippen molar-refractivity contribution in [3.63, 3.8) is 0 Å². The van der Waals surface area contributed by atoms with Crippen molar-refractivity contribution >= 4 is 23.7 Å². The molecule has 0 bridgehead atoms. The quantitative estimate of drug-likeness (QED) is 0.387. The average Bonchev–Trinajstić information content (AvgIpc) is 2.75. The SMILES string of the molecule is COc1ccc(/C=C/C(=O)N[C@@H](C)C(=O)OCc2cc(C(C)=O)ccc2OC)cc1. The summed E-state index contributed by atoms with van der Waals surface area (Å²) in [5, 5.41) is 2.56. The lowest BCUT2D eigenvalue weighted by Crippen LogP contribution is -2.38.